The minimum atomic E-state index is 0.829. The van der Waals surface area contributed by atoms with Gasteiger partial charge in [-0.05, 0) is 80.6 Å². The number of hydrogen-bond acceptors (Lipinski definition) is 1. The van der Waals surface area contributed by atoms with E-state index in [4.69, 9.17) is 0 Å². The lowest BCUT2D eigenvalue weighted by Crippen LogP contribution is -2.34. The maximum atomic E-state index is 3.60. The second kappa shape index (κ2) is 7.61. The summed E-state index contributed by atoms with van der Waals surface area (Å²) in [5.74, 6) is 3.42. The SMILES string of the molecule is CNCC1CCC(C(C)C)CC1Cc1cccc(Br)c1. The average molecular weight is 338 g/mol. The Kier molecular flexibility index (Phi) is 6.10. The molecule has 0 aliphatic heterocycles. The Morgan fingerprint density at radius 3 is 2.70 bits per heavy atom. The Labute approximate surface area is 132 Å². The van der Waals surface area contributed by atoms with E-state index in [9.17, 15) is 0 Å². The summed E-state index contributed by atoms with van der Waals surface area (Å²) < 4.78 is 1.20. The van der Waals surface area contributed by atoms with Crippen molar-refractivity contribution in [3.05, 3.63) is 34.3 Å². The van der Waals surface area contributed by atoms with E-state index in [-0.39, 0.29) is 0 Å². The molecule has 0 spiro atoms. The fourth-order valence-corrected chi connectivity index (χ4v) is 4.16. The first kappa shape index (κ1) is 16.0. The first-order chi connectivity index (χ1) is 9.60. The van der Waals surface area contributed by atoms with Crippen LogP contribution in [0, 0.1) is 23.7 Å². The molecular formula is C18H28BrN. The molecule has 112 valence electrons. The molecule has 0 radical (unpaired) electrons. The van der Waals surface area contributed by atoms with Crippen molar-refractivity contribution in [3.63, 3.8) is 0 Å². The van der Waals surface area contributed by atoms with Gasteiger partial charge in [0.25, 0.3) is 0 Å². The Hall–Kier alpha value is -0.340. The van der Waals surface area contributed by atoms with E-state index < -0.39 is 0 Å². The normalized spacial score (nSPS) is 26.9. The summed E-state index contributed by atoms with van der Waals surface area (Å²) in [6.07, 6.45) is 5.44. The highest BCUT2D eigenvalue weighted by Gasteiger charge is 2.31. The first-order valence-electron chi connectivity index (χ1n) is 7.99. The topological polar surface area (TPSA) is 12.0 Å². The van der Waals surface area contributed by atoms with Crippen LogP contribution in [0.1, 0.15) is 38.7 Å². The first-order valence-corrected chi connectivity index (χ1v) is 8.78. The molecular weight excluding hydrogens is 310 g/mol. The van der Waals surface area contributed by atoms with Crippen LogP contribution in [0.5, 0.6) is 0 Å². The smallest absolute Gasteiger partial charge is 0.0177 e. The Morgan fingerprint density at radius 2 is 2.05 bits per heavy atom. The van der Waals surface area contributed by atoms with Crippen molar-refractivity contribution in [2.24, 2.45) is 23.7 Å². The average Bonchev–Trinajstić information content (AvgIpc) is 2.41. The molecule has 0 saturated heterocycles. The zero-order valence-corrected chi connectivity index (χ0v) is 14.6. The zero-order valence-electron chi connectivity index (χ0n) is 13.0. The van der Waals surface area contributed by atoms with Crippen molar-refractivity contribution in [1.29, 1.82) is 0 Å². The highest BCUT2D eigenvalue weighted by Crippen LogP contribution is 2.39. The number of rotatable bonds is 5. The van der Waals surface area contributed by atoms with E-state index in [1.54, 1.807) is 0 Å². The van der Waals surface area contributed by atoms with E-state index in [1.165, 1.54) is 42.3 Å². The van der Waals surface area contributed by atoms with Gasteiger partial charge < -0.3 is 5.32 Å². The number of benzene rings is 1. The molecule has 1 aliphatic rings. The molecule has 3 atom stereocenters. The van der Waals surface area contributed by atoms with Crippen molar-refractivity contribution in [2.45, 2.75) is 39.5 Å². The van der Waals surface area contributed by atoms with Crippen LogP contribution >= 0.6 is 15.9 Å². The molecule has 0 bridgehead atoms. The Bertz CT molecular complexity index is 416. The van der Waals surface area contributed by atoms with Gasteiger partial charge in [-0.15, -0.1) is 0 Å². The highest BCUT2D eigenvalue weighted by molar-refractivity contribution is 9.10. The summed E-state index contributed by atoms with van der Waals surface area (Å²) in [6.45, 7) is 5.95. The summed E-state index contributed by atoms with van der Waals surface area (Å²) in [6, 6.07) is 8.84. The van der Waals surface area contributed by atoms with Crippen LogP contribution in [0.4, 0.5) is 0 Å². The summed E-state index contributed by atoms with van der Waals surface area (Å²) in [7, 11) is 2.09. The van der Waals surface area contributed by atoms with Gasteiger partial charge in [0.05, 0.1) is 0 Å². The van der Waals surface area contributed by atoms with Gasteiger partial charge in [-0.3, -0.25) is 0 Å². The molecule has 1 saturated carbocycles. The lowest BCUT2D eigenvalue weighted by atomic mass is 9.69. The summed E-state index contributed by atoms with van der Waals surface area (Å²) in [4.78, 5) is 0. The molecule has 20 heavy (non-hydrogen) atoms. The molecule has 1 nitrogen and oxygen atoms in total. The number of nitrogens with one attached hydrogen (secondary N) is 1. The summed E-state index contributed by atoms with van der Waals surface area (Å²) in [5.41, 5.74) is 1.48. The molecule has 1 aromatic rings. The fraction of sp³-hybridized carbons (Fsp3) is 0.667. The molecule has 2 rings (SSSR count). The van der Waals surface area contributed by atoms with Gasteiger partial charge in [0.2, 0.25) is 0 Å². The molecule has 0 heterocycles. The molecule has 0 amide bonds. The predicted molar refractivity (Wildman–Crippen MR) is 90.9 cm³/mol. The predicted octanol–water partition coefficient (Wildman–Crippen LogP) is 4.90. The molecule has 1 aliphatic carbocycles. The van der Waals surface area contributed by atoms with Crippen molar-refractivity contribution >= 4 is 15.9 Å². The van der Waals surface area contributed by atoms with Crippen molar-refractivity contribution in [2.75, 3.05) is 13.6 Å². The molecule has 1 aromatic carbocycles. The molecule has 1 fully saturated rings. The van der Waals surface area contributed by atoms with Gasteiger partial charge in [-0.1, -0.05) is 41.9 Å². The maximum Gasteiger partial charge on any atom is 0.0177 e. The minimum absolute atomic E-state index is 0.829. The monoisotopic (exact) mass is 337 g/mol. The van der Waals surface area contributed by atoms with E-state index in [0.29, 0.717) is 0 Å². The van der Waals surface area contributed by atoms with Crippen LogP contribution in [-0.4, -0.2) is 13.6 Å². The Balaban J connectivity index is 2.06. The summed E-state index contributed by atoms with van der Waals surface area (Å²) >= 11 is 3.60. The van der Waals surface area contributed by atoms with Gasteiger partial charge in [0, 0.05) is 4.47 Å². The molecule has 2 heteroatoms. The molecule has 3 unspecified atom stereocenters. The lowest BCUT2D eigenvalue weighted by Gasteiger charge is -2.38. The van der Waals surface area contributed by atoms with Crippen molar-refractivity contribution in [3.8, 4) is 0 Å². The van der Waals surface area contributed by atoms with Gasteiger partial charge in [-0.25, -0.2) is 0 Å². The quantitative estimate of drug-likeness (QED) is 0.805. The second-order valence-electron chi connectivity index (χ2n) is 6.73. The van der Waals surface area contributed by atoms with E-state index >= 15 is 0 Å². The lowest BCUT2D eigenvalue weighted by molar-refractivity contribution is 0.146. The number of halogens is 1. The largest absolute Gasteiger partial charge is 0.319 e. The summed E-state index contributed by atoms with van der Waals surface area (Å²) in [5, 5.41) is 3.40. The van der Waals surface area contributed by atoms with Crippen LogP contribution in [0.15, 0.2) is 28.7 Å². The van der Waals surface area contributed by atoms with Gasteiger partial charge >= 0.3 is 0 Å². The van der Waals surface area contributed by atoms with Crippen LogP contribution < -0.4 is 5.32 Å². The third kappa shape index (κ3) is 4.33. The van der Waals surface area contributed by atoms with Gasteiger partial charge in [0.15, 0.2) is 0 Å². The fourth-order valence-electron chi connectivity index (χ4n) is 3.72. The minimum Gasteiger partial charge on any atom is -0.319 e. The van der Waals surface area contributed by atoms with E-state index in [2.05, 4.69) is 66.4 Å². The van der Waals surface area contributed by atoms with Crippen LogP contribution in [0.2, 0.25) is 0 Å². The van der Waals surface area contributed by atoms with Crippen LogP contribution in [0.3, 0.4) is 0 Å². The standard InChI is InChI=1S/C18H28BrN/c1-13(2)15-7-8-16(12-20-3)17(11-15)9-14-5-4-6-18(19)10-14/h4-6,10,13,15-17,20H,7-9,11-12H2,1-3H3. The molecule has 0 aromatic heterocycles. The second-order valence-corrected chi connectivity index (χ2v) is 7.64. The van der Waals surface area contributed by atoms with Crippen LogP contribution in [-0.2, 0) is 6.42 Å². The molecule has 1 N–H and O–H groups in total. The van der Waals surface area contributed by atoms with Gasteiger partial charge in [0.1, 0.15) is 0 Å². The number of hydrogen-bond donors (Lipinski definition) is 1. The Morgan fingerprint density at radius 1 is 1.25 bits per heavy atom. The maximum absolute atomic E-state index is 3.60. The highest BCUT2D eigenvalue weighted by atomic mass is 79.9. The van der Waals surface area contributed by atoms with Gasteiger partial charge in [-0.2, -0.15) is 0 Å². The van der Waals surface area contributed by atoms with Crippen molar-refractivity contribution in [1.82, 2.24) is 5.32 Å². The van der Waals surface area contributed by atoms with Crippen molar-refractivity contribution < 1.29 is 0 Å². The van der Waals surface area contributed by atoms with Crippen LogP contribution in [0.25, 0.3) is 0 Å². The third-order valence-corrected chi connectivity index (χ3v) is 5.47. The van der Waals surface area contributed by atoms with E-state index in [0.717, 1.165) is 23.7 Å². The van der Waals surface area contributed by atoms with E-state index in [1.807, 2.05) is 0 Å². The zero-order chi connectivity index (χ0) is 14.5. The third-order valence-electron chi connectivity index (χ3n) is 4.98.